The molecule has 0 N–H and O–H groups in total. The number of aromatic nitrogens is 1. The van der Waals surface area contributed by atoms with Crippen molar-refractivity contribution in [3.8, 4) is 5.75 Å². The summed E-state index contributed by atoms with van der Waals surface area (Å²) in [5.74, 6) is 0.840. The van der Waals surface area contributed by atoms with E-state index in [4.69, 9.17) is 4.74 Å². The molecule has 0 bridgehead atoms. The number of hydrogen-bond acceptors (Lipinski definition) is 4. The second-order valence-corrected chi connectivity index (χ2v) is 6.72. The number of aryl methyl sites for hydroxylation is 1. The van der Waals surface area contributed by atoms with Crippen LogP contribution >= 0.6 is 0 Å². The van der Waals surface area contributed by atoms with E-state index in [2.05, 4.69) is 4.98 Å². The van der Waals surface area contributed by atoms with Crippen LogP contribution in [0.15, 0.2) is 42.6 Å². The first kappa shape index (κ1) is 18.9. The van der Waals surface area contributed by atoms with E-state index >= 15 is 0 Å². The van der Waals surface area contributed by atoms with Crippen LogP contribution in [0.4, 0.5) is 0 Å². The molecule has 0 radical (unpaired) electrons. The highest BCUT2D eigenvalue weighted by atomic mass is 16.5. The minimum absolute atomic E-state index is 0.0734. The van der Waals surface area contributed by atoms with Gasteiger partial charge in [-0.25, -0.2) is 0 Å². The van der Waals surface area contributed by atoms with Gasteiger partial charge < -0.3 is 14.5 Å². The van der Waals surface area contributed by atoms with E-state index in [-0.39, 0.29) is 11.8 Å². The monoisotopic (exact) mass is 367 g/mol. The predicted octanol–water partition coefficient (Wildman–Crippen LogP) is 2.32. The lowest BCUT2D eigenvalue weighted by molar-refractivity contribution is -0.130. The molecule has 6 nitrogen and oxygen atoms in total. The number of carbonyl (C=O) groups excluding carboxylic acids is 2. The Morgan fingerprint density at radius 3 is 2.56 bits per heavy atom. The quantitative estimate of drug-likeness (QED) is 0.832. The van der Waals surface area contributed by atoms with Crippen LogP contribution in [0.5, 0.6) is 5.75 Å². The van der Waals surface area contributed by atoms with Gasteiger partial charge in [0.1, 0.15) is 11.4 Å². The van der Waals surface area contributed by atoms with E-state index in [1.165, 1.54) is 0 Å². The van der Waals surface area contributed by atoms with Crippen molar-refractivity contribution in [2.75, 3.05) is 33.3 Å². The van der Waals surface area contributed by atoms with Crippen molar-refractivity contribution in [3.63, 3.8) is 0 Å². The first-order chi connectivity index (χ1) is 13.1. The van der Waals surface area contributed by atoms with Crippen molar-refractivity contribution in [3.05, 3.63) is 59.4 Å². The van der Waals surface area contributed by atoms with Crippen molar-refractivity contribution in [2.45, 2.75) is 19.8 Å². The van der Waals surface area contributed by atoms with E-state index in [1.54, 1.807) is 30.3 Å². The zero-order valence-corrected chi connectivity index (χ0v) is 15.9. The molecule has 1 aromatic heterocycles. The SMILES string of the molecule is COc1ccc(CC(=O)N2CCCN(C(=O)c3ccccn3)CC2)cc1C. The molecule has 0 unspecified atom stereocenters. The first-order valence-corrected chi connectivity index (χ1v) is 9.20. The van der Waals surface area contributed by atoms with Gasteiger partial charge >= 0.3 is 0 Å². The molecule has 1 aliphatic heterocycles. The van der Waals surface area contributed by atoms with E-state index < -0.39 is 0 Å². The number of carbonyl (C=O) groups is 2. The number of benzene rings is 1. The lowest BCUT2D eigenvalue weighted by Crippen LogP contribution is -2.38. The van der Waals surface area contributed by atoms with E-state index in [9.17, 15) is 9.59 Å². The predicted molar refractivity (Wildman–Crippen MR) is 103 cm³/mol. The lowest BCUT2D eigenvalue weighted by atomic mass is 10.1. The Hall–Kier alpha value is -2.89. The molecule has 2 heterocycles. The van der Waals surface area contributed by atoms with Crippen LogP contribution in [-0.2, 0) is 11.2 Å². The molecule has 27 heavy (non-hydrogen) atoms. The Kier molecular flexibility index (Phi) is 6.06. The maximum atomic E-state index is 12.7. The highest BCUT2D eigenvalue weighted by Gasteiger charge is 2.23. The van der Waals surface area contributed by atoms with Crippen LogP contribution in [0.2, 0.25) is 0 Å². The summed E-state index contributed by atoms with van der Waals surface area (Å²) >= 11 is 0. The van der Waals surface area contributed by atoms with Crippen LogP contribution in [0.1, 0.15) is 28.0 Å². The Labute approximate surface area is 159 Å². The molecule has 0 spiro atoms. The molecule has 0 atom stereocenters. The van der Waals surface area contributed by atoms with Gasteiger partial charge in [0.15, 0.2) is 0 Å². The van der Waals surface area contributed by atoms with Gasteiger partial charge in [0.05, 0.1) is 13.5 Å². The summed E-state index contributed by atoms with van der Waals surface area (Å²) in [6, 6.07) is 11.1. The minimum atomic E-state index is -0.0734. The molecule has 1 saturated heterocycles. The third kappa shape index (κ3) is 4.64. The molecule has 1 fully saturated rings. The van der Waals surface area contributed by atoms with Crippen molar-refractivity contribution in [1.82, 2.24) is 14.8 Å². The van der Waals surface area contributed by atoms with Crippen LogP contribution in [0.25, 0.3) is 0 Å². The third-order valence-corrected chi connectivity index (χ3v) is 4.83. The van der Waals surface area contributed by atoms with Crippen LogP contribution < -0.4 is 4.74 Å². The summed E-state index contributed by atoms with van der Waals surface area (Å²) in [6.07, 6.45) is 2.75. The maximum Gasteiger partial charge on any atom is 0.272 e. The molecular formula is C21H25N3O3. The molecule has 2 amide bonds. The zero-order valence-electron chi connectivity index (χ0n) is 15.9. The van der Waals surface area contributed by atoms with Gasteiger partial charge in [-0.15, -0.1) is 0 Å². The smallest absolute Gasteiger partial charge is 0.272 e. The van der Waals surface area contributed by atoms with E-state index in [0.717, 1.165) is 23.3 Å². The highest BCUT2D eigenvalue weighted by molar-refractivity contribution is 5.92. The van der Waals surface area contributed by atoms with Crippen LogP contribution in [0, 0.1) is 6.92 Å². The fraction of sp³-hybridized carbons (Fsp3) is 0.381. The van der Waals surface area contributed by atoms with Gasteiger partial charge in [-0.1, -0.05) is 18.2 Å². The first-order valence-electron chi connectivity index (χ1n) is 9.20. The van der Waals surface area contributed by atoms with E-state index in [0.29, 0.717) is 38.3 Å². The zero-order chi connectivity index (χ0) is 19.2. The summed E-state index contributed by atoms with van der Waals surface area (Å²) in [6.45, 7) is 4.36. The number of pyridine rings is 1. The second-order valence-electron chi connectivity index (χ2n) is 6.72. The molecule has 0 aliphatic carbocycles. The Morgan fingerprint density at radius 2 is 1.85 bits per heavy atom. The maximum absolute atomic E-state index is 12.7. The second kappa shape index (κ2) is 8.66. The van der Waals surface area contributed by atoms with Crippen LogP contribution in [-0.4, -0.2) is 59.9 Å². The van der Waals surface area contributed by atoms with Gasteiger partial charge in [0.25, 0.3) is 5.91 Å². The normalized spacial score (nSPS) is 14.6. The molecular weight excluding hydrogens is 342 g/mol. The fourth-order valence-corrected chi connectivity index (χ4v) is 3.36. The number of methoxy groups -OCH3 is 1. The summed E-state index contributed by atoms with van der Waals surface area (Å²) in [7, 11) is 1.64. The Morgan fingerprint density at radius 1 is 1.07 bits per heavy atom. The summed E-state index contributed by atoms with van der Waals surface area (Å²) < 4.78 is 5.27. The standard InChI is InChI=1S/C21H25N3O3/c1-16-14-17(7-8-19(16)27-2)15-20(25)23-10-5-11-24(13-12-23)21(26)18-6-3-4-9-22-18/h3-4,6-9,14H,5,10-13,15H2,1-2H3. The van der Waals surface area contributed by atoms with Gasteiger partial charge in [0, 0.05) is 32.4 Å². The molecule has 3 rings (SSSR count). The summed E-state index contributed by atoms with van der Waals surface area (Å²) in [5, 5.41) is 0. The Balaban J connectivity index is 1.59. The molecule has 0 saturated carbocycles. The van der Waals surface area contributed by atoms with E-state index in [1.807, 2.05) is 36.1 Å². The molecule has 1 aliphatic rings. The van der Waals surface area contributed by atoms with Gasteiger partial charge in [-0.05, 0) is 42.7 Å². The van der Waals surface area contributed by atoms with Gasteiger partial charge in [0.2, 0.25) is 5.91 Å². The Bertz CT molecular complexity index is 808. The minimum Gasteiger partial charge on any atom is -0.496 e. The third-order valence-electron chi connectivity index (χ3n) is 4.83. The lowest BCUT2D eigenvalue weighted by Gasteiger charge is -2.22. The topological polar surface area (TPSA) is 62.7 Å². The van der Waals surface area contributed by atoms with Gasteiger partial charge in [-0.3, -0.25) is 14.6 Å². The van der Waals surface area contributed by atoms with Crippen molar-refractivity contribution >= 4 is 11.8 Å². The number of rotatable bonds is 4. The average Bonchev–Trinajstić information content (AvgIpc) is 2.94. The van der Waals surface area contributed by atoms with Crippen molar-refractivity contribution in [2.24, 2.45) is 0 Å². The fourth-order valence-electron chi connectivity index (χ4n) is 3.36. The molecule has 1 aromatic carbocycles. The number of nitrogens with zero attached hydrogens (tertiary/aromatic N) is 3. The molecule has 2 aromatic rings. The molecule has 142 valence electrons. The van der Waals surface area contributed by atoms with Crippen molar-refractivity contribution in [1.29, 1.82) is 0 Å². The number of hydrogen-bond donors (Lipinski definition) is 0. The van der Waals surface area contributed by atoms with Crippen LogP contribution in [0.3, 0.4) is 0 Å². The summed E-state index contributed by atoms with van der Waals surface area (Å²) in [5.41, 5.74) is 2.45. The highest BCUT2D eigenvalue weighted by Crippen LogP contribution is 2.19. The summed E-state index contributed by atoms with van der Waals surface area (Å²) in [4.78, 5) is 33.0. The molecule has 6 heteroatoms. The van der Waals surface area contributed by atoms with Gasteiger partial charge in [-0.2, -0.15) is 0 Å². The largest absolute Gasteiger partial charge is 0.496 e. The number of ether oxygens (including phenoxy) is 1. The number of amides is 2. The van der Waals surface area contributed by atoms with Crippen molar-refractivity contribution < 1.29 is 14.3 Å². The average molecular weight is 367 g/mol.